The number of benzene rings is 1. The summed E-state index contributed by atoms with van der Waals surface area (Å²) >= 11 is 6.24. The minimum absolute atomic E-state index is 0.140. The van der Waals surface area contributed by atoms with Gasteiger partial charge in [-0.15, -0.1) is 5.10 Å². The highest BCUT2D eigenvalue weighted by molar-refractivity contribution is 6.31. The molecule has 1 aromatic heterocycles. The molecule has 0 aliphatic heterocycles. The molecule has 0 radical (unpaired) electrons. The summed E-state index contributed by atoms with van der Waals surface area (Å²) in [5.74, 6) is 0.879. The Balaban J connectivity index is 2.05. The summed E-state index contributed by atoms with van der Waals surface area (Å²) in [7, 11) is 1.99. The number of nitrogens with one attached hydrogen (secondary N) is 1. The third-order valence-corrected chi connectivity index (χ3v) is 4.89. The molecule has 3 rings (SSSR count). The standard InChI is InChI=1S/C15H20ClN5/c1-11-6-7-12(10-13(11)16)21-14(18-19-20-21)15(17-2)8-4-3-5-9-15/h6-7,10,17H,3-5,8-9H2,1-2H3. The average molecular weight is 306 g/mol. The van der Waals surface area contributed by atoms with Gasteiger partial charge in [-0.2, -0.15) is 4.68 Å². The minimum atomic E-state index is -0.140. The van der Waals surface area contributed by atoms with E-state index in [0.717, 1.165) is 34.9 Å². The van der Waals surface area contributed by atoms with Gasteiger partial charge in [-0.25, -0.2) is 0 Å². The Morgan fingerprint density at radius 2 is 2.00 bits per heavy atom. The highest BCUT2D eigenvalue weighted by Gasteiger charge is 2.37. The van der Waals surface area contributed by atoms with Crippen molar-refractivity contribution in [3.05, 3.63) is 34.6 Å². The van der Waals surface area contributed by atoms with Crippen molar-refractivity contribution in [2.75, 3.05) is 7.05 Å². The summed E-state index contributed by atoms with van der Waals surface area (Å²) in [6, 6.07) is 5.92. The van der Waals surface area contributed by atoms with Crippen LogP contribution in [0.4, 0.5) is 0 Å². The Kier molecular flexibility index (Phi) is 3.95. The molecule has 6 heteroatoms. The molecule has 0 saturated heterocycles. The smallest absolute Gasteiger partial charge is 0.176 e. The molecule has 1 fully saturated rings. The number of hydrogen-bond acceptors (Lipinski definition) is 4. The lowest BCUT2D eigenvalue weighted by atomic mass is 9.81. The quantitative estimate of drug-likeness (QED) is 0.947. The Morgan fingerprint density at radius 1 is 1.24 bits per heavy atom. The van der Waals surface area contributed by atoms with Crippen LogP contribution in [0.3, 0.4) is 0 Å². The van der Waals surface area contributed by atoms with Crippen molar-refractivity contribution in [2.45, 2.75) is 44.6 Å². The van der Waals surface area contributed by atoms with Crippen molar-refractivity contribution >= 4 is 11.6 Å². The number of rotatable bonds is 3. The van der Waals surface area contributed by atoms with Crippen molar-refractivity contribution in [2.24, 2.45) is 0 Å². The number of aryl methyl sites for hydroxylation is 1. The van der Waals surface area contributed by atoms with Gasteiger partial charge >= 0.3 is 0 Å². The van der Waals surface area contributed by atoms with E-state index in [2.05, 4.69) is 20.8 Å². The number of aromatic nitrogens is 4. The molecule has 112 valence electrons. The average Bonchev–Trinajstić information content (AvgIpc) is 3.01. The van der Waals surface area contributed by atoms with Gasteiger partial charge in [0, 0.05) is 5.02 Å². The summed E-state index contributed by atoms with van der Waals surface area (Å²) in [5.41, 5.74) is 1.82. The van der Waals surface area contributed by atoms with Gasteiger partial charge in [0.1, 0.15) is 0 Å². The van der Waals surface area contributed by atoms with E-state index >= 15 is 0 Å². The molecule has 21 heavy (non-hydrogen) atoms. The Morgan fingerprint density at radius 3 is 2.67 bits per heavy atom. The highest BCUT2D eigenvalue weighted by Crippen LogP contribution is 2.36. The Labute approximate surface area is 129 Å². The van der Waals surface area contributed by atoms with Crippen LogP contribution in [0.5, 0.6) is 0 Å². The first-order chi connectivity index (χ1) is 10.2. The fraction of sp³-hybridized carbons (Fsp3) is 0.533. The number of hydrogen-bond donors (Lipinski definition) is 1. The zero-order valence-electron chi connectivity index (χ0n) is 12.4. The van der Waals surface area contributed by atoms with Crippen LogP contribution in [0.1, 0.15) is 43.5 Å². The van der Waals surface area contributed by atoms with Crippen molar-refractivity contribution in [3.8, 4) is 5.69 Å². The first-order valence-electron chi connectivity index (χ1n) is 7.40. The Bertz CT molecular complexity index is 631. The minimum Gasteiger partial charge on any atom is -0.308 e. The highest BCUT2D eigenvalue weighted by atomic mass is 35.5. The van der Waals surface area contributed by atoms with Crippen molar-refractivity contribution < 1.29 is 0 Å². The van der Waals surface area contributed by atoms with Crippen LogP contribution >= 0.6 is 11.6 Å². The van der Waals surface area contributed by atoms with Crippen LogP contribution in [-0.4, -0.2) is 27.3 Å². The Hall–Kier alpha value is -1.46. The van der Waals surface area contributed by atoms with E-state index in [4.69, 9.17) is 11.6 Å². The second-order valence-corrected chi connectivity index (χ2v) is 6.15. The summed E-state index contributed by atoms with van der Waals surface area (Å²) in [6.45, 7) is 1.99. The molecule has 5 nitrogen and oxygen atoms in total. The molecule has 1 N–H and O–H groups in total. The zero-order valence-corrected chi connectivity index (χ0v) is 13.2. The van der Waals surface area contributed by atoms with Crippen molar-refractivity contribution in [1.82, 2.24) is 25.5 Å². The topological polar surface area (TPSA) is 55.6 Å². The second-order valence-electron chi connectivity index (χ2n) is 5.74. The molecule has 1 saturated carbocycles. The van der Waals surface area contributed by atoms with E-state index in [-0.39, 0.29) is 5.54 Å². The van der Waals surface area contributed by atoms with Gasteiger partial charge in [-0.3, -0.25) is 0 Å². The van der Waals surface area contributed by atoms with Crippen LogP contribution in [0, 0.1) is 6.92 Å². The molecule has 0 amide bonds. The molecule has 0 unspecified atom stereocenters. The molecular weight excluding hydrogens is 286 g/mol. The van der Waals surface area contributed by atoms with Crippen LogP contribution in [0.15, 0.2) is 18.2 Å². The third-order valence-electron chi connectivity index (χ3n) is 4.48. The summed E-state index contributed by atoms with van der Waals surface area (Å²) in [5, 5.41) is 16.6. The predicted octanol–water partition coefficient (Wildman–Crippen LogP) is 3.00. The van der Waals surface area contributed by atoms with Gasteiger partial charge in [-0.05, 0) is 54.9 Å². The van der Waals surface area contributed by atoms with Gasteiger partial charge in [0.2, 0.25) is 0 Å². The predicted molar refractivity (Wildman–Crippen MR) is 82.7 cm³/mol. The lowest BCUT2D eigenvalue weighted by Gasteiger charge is -2.35. The number of tetrazole rings is 1. The van der Waals surface area contributed by atoms with Gasteiger partial charge in [-0.1, -0.05) is 36.9 Å². The van der Waals surface area contributed by atoms with Gasteiger partial charge in [0.05, 0.1) is 11.2 Å². The van der Waals surface area contributed by atoms with E-state index in [9.17, 15) is 0 Å². The number of halogens is 1. The van der Waals surface area contributed by atoms with Gasteiger partial charge < -0.3 is 5.32 Å². The first kappa shape index (κ1) is 14.5. The lowest BCUT2D eigenvalue weighted by Crippen LogP contribution is -2.44. The maximum atomic E-state index is 6.24. The molecule has 2 aromatic rings. The largest absolute Gasteiger partial charge is 0.308 e. The van der Waals surface area contributed by atoms with E-state index in [1.807, 2.05) is 36.9 Å². The van der Waals surface area contributed by atoms with Gasteiger partial charge in [0.15, 0.2) is 5.82 Å². The SMILES string of the molecule is CNC1(c2nnnn2-c2ccc(C)c(Cl)c2)CCCCC1. The van der Waals surface area contributed by atoms with Crippen LogP contribution in [0.2, 0.25) is 5.02 Å². The number of nitrogens with zero attached hydrogens (tertiary/aromatic N) is 4. The normalized spacial score (nSPS) is 17.9. The fourth-order valence-electron chi connectivity index (χ4n) is 3.11. The van der Waals surface area contributed by atoms with Crippen molar-refractivity contribution in [1.29, 1.82) is 0 Å². The summed E-state index contributed by atoms with van der Waals surface area (Å²) < 4.78 is 1.81. The molecule has 1 aliphatic rings. The van der Waals surface area contributed by atoms with E-state index in [1.54, 1.807) is 0 Å². The fourth-order valence-corrected chi connectivity index (χ4v) is 3.29. The van der Waals surface area contributed by atoms with E-state index in [1.165, 1.54) is 19.3 Å². The second kappa shape index (κ2) is 5.73. The lowest BCUT2D eigenvalue weighted by molar-refractivity contribution is 0.232. The maximum absolute atomic E-state index is 6.24. The van der Waals surface area contributed by atoms with Gasteiger partial charge in [0.25, 0.3) is 0 Å². The monoisotopic (exact) mass is 305 g/mol. The molecule has 0 spiro atoms. The van der Waals surface area contributed by atoms with Crippen LogP contribution in [0.25, 0.3) is 5.69 Å². The first-order valence-corrected chi connectivity index (χ1v) is 7.78. The van der Waals surface area contributed by atoms with Crippen LogP contribution < -0.4 is 5.32 Å². The summed E-state index contributed by atoms with van der Waals surface area (Å²) in [4.78, 5) is 0. The maximum Gasteiger partial charge on any atom is 0.176 e. The van der Waals surface area contributed by atoms with Crippen LogP contribution in [-0.2, 0) is 5.54 Å². The summed E-state index contributed by atoms with van der Waals surface area (Å²) in [6.07, 6.45) is 5.79. The third kappa shape index (κ3) is 2.56. The molecule has 1 aliphatic carbocycles. The molecular formula is C15H20ClN5. The van der Waals surface area contributed by atoms with Crippen molar-refractivity contribution in [3.63, 3.8) is 0 Å². The molecule has 1 aromatic carbocycles. The molecule has 0 atom stereocenters. The zero-order chi connectivity index (χ0) is 14.9. The molecule has 1 heterocycles. The van der Waals surface area contributed by atoms with E-state index < -0.39 is 0 Å². The van der Waals surface area contributed by atoms with E-state index in [0.29, 0.717) is 0 Å². The molecule has 0 bridgehead atoms.